The first-order chi connectivity index (χ1) is 12.5. The van der Waals surface area contributed by atoms with Gasteiger partial charge in [-0.05, 0) is 41.7 Å². The third-order valence-electron chi connectivity index (χ3n) is 4.69. The first kappa shape index (κ1) is 18.0. The molecule has 0 aromatic heterocycles. The van der Waals surface area contributed by atoms with Crippen LogP contribution >= 0.6 is 0 Å². The molecule has 2 aromatic carbocycles. The fraction of sp³-hybridized carbons (Fsp3) is 0.300. The SMILES string of the molecule is O=C(O)C1CN(C(=O)CCCc2ccc(F)c(F)c2)Cc2ccccc21. The Morgan fingerprint density at radius 3 is 2.62 bits per heavy atom. The summed E-state index contributed by atoms with van der Waals surface area (Å²) in [6, 6.07) is 11.0. The van der Waals surface area contributed by atoms with E-state index in [1.54, 1.807) is 17.0 Å². The summed E-state index contributed by atoms with van der Waals surface area (Å²) in [7, 11) is 0. The quantitative estimate of drug-likeness (QED) is 0.889. The van der Waals surface area contributed by atoms with Crippen LogP contribution in [0.25, 0.3) is 0 Å². The predicted molar refractivity (Wildman–Crippen MR) is 91.5 cm³/mol. The van der Waals surface area contributed by atoms with Gasteiger partial charge in [-0.1, -0.05) is 30.3 Å². The molecule has 136 valence electrons. The summed E-state index contributed by atoms with van der Waals surface area (Å²) < 4.78 is 26.1. The molecule has 0 spiro atoms. The third-order valence-corrected chi connectivity index (χ3v) is 4.69. The summed E-state index contributed by atoms with van der Waals surface area (Å²) in [6.45, 7) is 0.542. The van der Waals surface area contributed by atoms with Crippen LogP contribution in [-0.4, -0.2) is 28.4 Å². The summed E-state index contributed by atoms with van der Waals surface area (Å²) >= 11 is 0. The normalized spacial score (nSPS) is 16.2. The molecule has 26 heavy (non-hydrogen) atoms. The zero-order valence-electron chi connectivity index (χ0n) is 14.1. The fourth-order valence-corrected chi connectivity index (χ4v) is 3.31. The van der Waals surface area contributed by atoms with E-state index in [-0.39, 0.29) is 18.9 Å². The van der Waals surface area contributed by atoms with Gasteiger partial charge in [-0.15, -0.1) is 0 Å². The average molecular weight is 359 g/mol. The number of aliphatic carboxylic acids is 1. The van der Waals surface area contributed by atoms with E-state index < -0.39 is 23.5 Å². The Hall–Kier alpha value is -2.76. The van der Waals surface area contributed by atoms with Crippen LogP contribution in [0.1, 0.15) is 35.4 Å². The molecule has 4 nitrogen and oxygen atoms in total. The van der Waals surface area contributed by atoms with Crippen molar-refractivity contribution in [1.82, 2.24) is 4.90 Å². The predicted octanol–water partition coefficient (Wildman–Crippen LogP) is 3.50. The Balaban J connectivity index is 1.61. The van der Waals surface area contributed by atoms with Crippen LogP contribution in [-0.2, 0) is 22.6 Å². The summed E-state index contributed by atoms with van der Waals surface area (Å²) in [5, 5.41) is 9.45. The van der Waals surface area contributed by atoms with Gasteiger partial charge in [0.15, 0.2) is 11.6 Å². The molecule has 3 rings (SSSR count). The Kier molecular flexibility index (Phi) is 5.30. The molecule has 0 aliphatic carbocycles. The number of carbonyl (C=O) groups excluding carboxylic acids is 1. The van der Waals surface area contributed by atoms with Crippen LogP contribution in [0.4, 0.5) is 8.78 Å². The number of benzene rings is 2. The summed E-state index contributed by atoms with van der Waals surface area (Å²) in [4.78, 5) is 25.6. The highest BCUT2D eigenvalue weighted by atomic mass is 19.2. The smallest absolute Gasteiger partial charge is 0.312 e. The monoisotopic (exact) mass is 359 g/mol. The summed E-state index contributed by atoms with van der Waals surface area (Å²) in [5.74, 6) is -3.59. The number of carboxylic acids is 1. The standard InChI is InChI=1S/C20H19F2NO3/c21-17-9-8-13(10-18(17)22)4-3-7-19(24)23-11-14-5-1-2-6-15(14)16(12-23)20(25)26/h1-2,5-6,8-10,16H,3-4,7,11-12H2,(H,25,26). The van der Waals surface area contributed by atoms with E-state index in [1.165, 1.54) is 6.07 Å². The van der Waals surface area contributed by atoms with Crippen LogP contribution in [0.15, 0.2) is 42.5 Å². The molecule has 1 heterocycles. The van der Waals surface area contributed by atoms with Crippen LogP contribution in [0.3, 0.4) is 0 Å². The van der Waals surface area contributed by atoms with E-state index in [4.69, 9.17) is 0 Å². The van der Waals surface area contributed by atoms with Crippen LogP contribution in [0, 0.1) is 11.6 Å². The minimum atomic E-state index is -0.947. The number of aryl methyl sites for hydroxylation is 1. The maximum Gasteiger partial charge on any atom is 0.312 e. The Morgan fingerprint density at radius 2 is 1.88 bits per heavy atom. The van der Waals surface area contributed by atoms with Gasteiger partial charge in [0.25, 0.3) is 0 Å². The first-order valence-corrected chi connectivity index (χ1v) is 8.48. The van der Waals surface area contributed by atoms with Gasteiger partial charge in [-0.25, -0.2) is 8.78 Å². The zero-order chi connectivity index (χ0) is 18.7. The van der Waals surface area contributed by atoms with E-state index in [9.17, 15) is 23.5 Å². The van der Waals surface area contributed by atoms with Gasteiger partial charge in [-0.2, -0.15) is 0 Å². The number of halogens is 2. The number of hydrogen-bond acceptors (Lipinski definition) is 2. The molecule has 1 amide bonds. The lowest BCUT2D eigenvalue weighted by atomic mass is 9.89. The van der Waals surface area contributed by atoms with Gasteiger partial charge in [0.1, 0.15) is 0 Å². The van der Waals surface area contributed by atoms with Crippen molar-refractivity contribution < 1.29 is 23.5 Å². The number of hydrogen-bond donors (Lipinski definition) is 1. The fourth-order valence-electron chi connectivity index (χ4n) is 3.31. The highest BCUT2D eigenvalue weighted by Crippen LogP contribution is 2.29. The van der Waals surface area contributed by atoms with Gasteiger partial charge < -0.3 is 10.0 Å². The second-order valence-electron chi connectivity index (χ2n) is 6.47. The lowest BCUT2D eigenvalue weighted by Gasteiger charge is -2.33. The molecular weight excluding hydrogens is 340 g/mol. The van der Waals surface area contributed by atoms with Crippen molar-refractivity contribution in [2.75, 3.05) is 6.54 Å². The molecular formula is C20H19F2NO3. The second kappa shape index (κ2) is 7.64. The van der Waals surface area contributed by atoms with Gasteiger partial charge in [0, 0.05) is 19.5 Å². The Bertz CT molecular complexity index is 838. The summed E-state index contributed by atoms with van der Waals surface area (Å²) in [6.07, 6.45) is 1.17. The van der Waals surface area contributed by atoms with E-state index in [2.05, 4.69) is 0 Å². The zero-order valence-corrected chi connectivity index (χ0v) is 14.1. The number of rotatable bonds is 5. The first-order valence-electron chi connectivity index (χ1n) is 8.48. The van der Waals surface area contributed by atoms with Crippen molar-refractivity contribution in [3.63, 3.8) is 0 Å². The molecule has 1 unspecified atom stereocenters. The number of amides is 1. The molecule has 0 saturated heterocycles. The van der Waals surface area contributed by atoms with E-state index in [0.717, 1.165) is 23.3 Å². The molecule has 1 aliphatic rings. The third kappa shape index (κ3) is 3.90. The molecule has 1 atom stereocenters. The van der Waals surface area contributed by atoms with Crippen molar-refractivity contribution in [3.8, 4) is 0 Å². The number of carboxylic acid groups (broad SMARTS) is 1. The molecule has 6 heteroatoms. The maximum atomic E-state index is 13.2. The van der Waals surface area contributed by atoms with Gasteiger partial charge >= 0.3 is 5.97 Å². The maximum absolute atomic E-state index is 13.2. The number of carbonyl (C=O) groups is 2. The minimum absolute atomic E-state index is 0.131. The lowest BCUT2D eigenvalue weighted by Crippen LogP contribution is -2.40. The van der Waals surface area contributed by atoms with E-state index in [1.807, 2.05) is 12.1 Å². The average Bonchev–Trinajstić information content (AvgIpc) is 2.63. The van der Waals surface area contributed by atoms with Crippen molar-refractivity contribution >= 4 is 11.9 Å². The van der Waals surface area contributed by atoms with Gasteiger partial charge in [0.05, 0.1) is 5.92 Å². The molecule has 1 aliphatic heterocycles. The number of fused-ring (bicyclic) bond motifs is 1. The van der Waals surface area contributed by atoms with Crippen LogP contribution in [0.2, 0.25) is 0 Å². The van der Waals surface area contributed by atoms with E-state index >= 15 is 0 Å². The molecule has 1 N–H and O–H groups in total. The van der Waals surface area contributed by atoms with Gasteiger partial charge in [-0.3, -0.25) is 9.59 Å². The van der Waals surface area contributed by atoms with Crippen LogP contribution < -0.4 is 0 Å². The molecule has 0 bridgehead atoms. The number of nitrogens with zero attached hydrogens (tertiary/aromatic N) is 1. The van der Waals surface area contributed by atoms with Crippen molar-refractivity contribution in [2.24, 2.45) is 0 Å². The van der Waals surface area contributed by atoms with Crippen molar-refractivity contribution in [3.05, 3.63) is 70.8 Å². The Labute approximate surface area is 150 Å². The van der Waals surface area contributed by atoms with E-state index in [0.29, 0.717) is 24.9 Å². The summed E-state index contributed by atoms with van der Waals surface area (Å²) in [5.41, 5.74) is 2.23. The van der Waals surface area contributed by atoms with Gasteiger partial charge in [0.2, 0.25) is 5.91 Å². The molecule has 0 fully saturated rings. The van der Waals surface area contributed by atoms with Crippen molar-refractivity contribution in [1.29, 1.82) is 0 Å². The van der Waals surface area contributed by atoms with Crippen molar-refractivity contribution in [2.45, 2.75) is 31.7 Å². The molecule has 0 saturated carbocycles. The molecule has 0 radical (unpaired) electrons. The molecule has 2 aromatic rings. The second-order valence-corrected chi connectivity index (χ2v) is 6.47. The highest BCUT2D eigenvalue weighted by Gasteiger charge is 2.31. The Morgan fingerprint density at radius 1 is 1.12 bits per heavy atom. The lowest BCUT2D eigenvalue weighted by molar-refractivity contribution is -0.141. The largest absolute Gasteiger partial charge is 0.481 e. The van der Waals surface area contributed by atoms with Crippen LogP contribution in [0.5, 0.6) is 0 Å². The topological polar surface area (TPSA) is 57.6 Å². The minimum Gasteiger partial charge on any atom is -0.481 e. The highest BCUT2D eigenvalue weighted by molar-refractivity contribution is 5.81.